The second-order valence-corrected chi connectivity index (χ2v) is 10.4. The van der Waals surface area contributed by atoms with Crippen LogP contribution in [-0.4, -0.2) is 68.5 Å². The Bertz CT molecular complexity index is 873. The Labute approximate surface area is 181 Å². The van der Waals surface area contributed by atoms with E-state index in [1.165, 1.54) is 0 Å². The van der Waals surface area contributed by atoms with Gasteiger partial charge in [-0.05, 0) is 49.8 Å². The molecule has 10 heteroatoms. The summed E-state index contributed by atoms with van der Waals surface area (Å²) in [6.07, 6.45) is 4.17. The van der Waals surface area contributed by atoms with Crippen LogP contribution < -0.4 is 4.72 Å². The smallest absolute Gasteiger partial charge is 0.254 e. The van der Waals surface area contributed by atoms with E-state index in [1.807, 2.05) is 0 Å². The van der Waals surface area contributed by atoms with E-state index in [9.17, 15) is 18.0 Å². The monoisotopic (exact) mass is 461 g/mol. The molecule has 2 saturated heterocycles. The van der Waals surface area contributed by atoms with E-state index in [2.05, 4.69) is 4.72 Å². The molecule has 1 N–H and O–H groups in total. The number of rotatable bonds is 5. The molecular formula is C19H25Cl2N3O4S. The van der Waals surface area contributed by atoms with Crippen molar-refractivity contribution in [3.05, 3.63) is 33.8 Å². The zero-order valence-electron chi connectivity index (χ0n) is 16.2. The standard InChI is InChI=1S/C19H25Cl2N3O4S/c1-29(27,28)22-11-13-4-2-6-23(12-13)19(26)17-5-3-7-24(17)18(25)14-8-15(20)10-16(21)9-14/h8-10,13,17,22H,2-7,11-12H2,1H3. The van der Waals surface area contributed by atoms with Gasteiger partial charge in [-0.3, -0.25) is 9.59 Å². The average molecular weight is 462 g/mol. The van der Waals surface area contributed by atoms with Crippen LogP contribution in [0.15, 0.2) is 18.2 Å². The van der Waals surface area contributed by atoms with Gasteiger partial charge in [-0.1, -0.05) is 23.2 Å². The van der Waals surface area contributed by atoms with Gasteiger partial charge in [-0.2, -0.15) is 0 Å². The molecule has 2 atom stereocenters. The summed E-state index contributed by atoms with van der Waals surface area (Å²) < 4.78 is 25.2. The number of hydrogen-bond donors (Lipinski definition) is 1. The minimum atomic E-state index is -3.26. The van der Waals surface area contributed by atoms with Gasteiger partial charge < -0.3 is 9.80 Å². The summed E-state index contributed by atoms with van der Waals surface area (Å²) in [7, 11) is -3.26. The quantitative estimate of drug-likeness (QED) is 0.728. The van der Waals surface area contributed by atoms with E-state index in [4.69, 9.17) is 23.2 Å². The first-order chi connectivity index (χ1) is 13.6. The Morgan fingerprint density at radius 3 is 2.41 bits per heavy atom. The summed E-state index contributed by atoms with van der Waals surface area (Å²) in [5, 5.41) is 0.750. The number of benzene rings is 1. The molecule has 0 radical (unpaired) electrons. The van der Waals surface area contributed by atoms with Crippen molar-refractivity contribution in [3.63, 3.8) is 0 Å². The van der Waals surface area contributed by atoms with Crippen LogP contribution in [0.1, 0.15) is 36.0 Å². The lowest BCUT2D eigenvalue weighted by molar-refractivity contribution is -0.137. The predicted molar refractivity (Wildman–Crippen MR) is 113 cm³/mol. The van der Waals surface area contributed by atoms with Crippen LogP contribution >= 0.6 is 23.2 Å². The fraction of sp³-hybridized carbons (Fsp3) is 0.579. The Kier molecular flexibility index (Phi) is 7.09. The molecular weight excluding hydrogens is 437 g/mol. The largest absolute Gasteiger partial charge is 0.341 e. The predicted octanol–water partition coefficient (Wildman–Crippen LogP) is 2.39. The summed E-state index contributed by atoms with van der Waals surface area (Å²) in [6, 6.07) is 4.17. The van der Waals surface area contributed by atoms with Crippen molar-refractivity contribution in [1.82, 2.24) is 14.5 Å². The zero-order valence-corrected chi connectivity index (χ0v) is 18.6. The van der Waals surface area contributed by atoms with Crippen LogP contribution in [-0.2, 0) is 14.8 Å². The zero-order chi connectivity index (χ0) is 21.2. The second-order valence-electron chi connectivity index (χ2n) is 7.73. The van der Waals surface area contributed by atoms with E-state index in [0.717, 1.165) is 25.5 Å². The minimum absolute atomic E-state index is 0.0692. The van der Waals surface area contributed by atoms with Crippen LogP contribution in [0.2, 0.25) is 10.0 Å². The molecule has 2 heterocycles. The van der Waals surface area contributed by atoms with E-state index in [-0.39, 0.29) is 17.7 Å². The van der Waals surface area contributed by atoms with Gasteiger partial charge in [0.15, 0.2) is 0 Å². The van der Waals surface area contributed by atoms with Gasteiger partial charge in [0, 0.05) is 41.8 Å². The van der Waals surface area contributed by atoms with E-state index >= 15 is 0 Å². The maximum Gasteiger partial charge on any atom is 0.254 e. The average Bonchev–Trinajstić information content (AvgIpc) is 3.14. The minimum Gasteiger partial charge on any atom is -0.341 e. The molecule has 0 aliphatic carbocycles. The molecule has 160 valence electrons. The van der Waals surface area contributed by atoms with Crippen molar-refractivity contribution in [2.45, 2.75) is 31.7 Å². The summed E-state index contributed by atoms with van der Waals surface area (Å²) in [5.74, 6) is -0.259. The van der Waals surface area contributed by atoms with Gasteiger partial charge in [0.1, 0.15) is 6.04 Å². The lowest BCUT2D eigenvalue weighted by atomic mass is 9.97. The van der Waals surface area contributed by atoms with Crippen LogP contribution in [0.25, 0.3) is 0 Å². The molecule has 0 saturated carbocycles. The number of hydrogen-bond acceptors (Lipinski definition) is 4. The summed E-state index contributed by atoms with van der Waals surface area (Å²) in [5.41, 5.74) is 0.371. The van der Waals surface area contributed by atoms with E-state index in [0.29, 0.717) is 48.2 Å². The molecule has 2 aliphatic heterocycles. The van der Waals surface area contributed by atoms with Crippen LogP contribution in [0.5, 0.6) is 0 Å². The molecule has 0 spiro atoms. The maximum absolute atomic E-state index is 13.2. The fourth-order valence-electron chi connectivity index (χ4n) is 4.02. The Balaban J connectivity index is 1.68. The van der Waals surface area contributed by atoms with Gasteiger partial charge >= 0.3 is 0 Å². The van der Waals surface area contributed by atoms with Gasteiger partial charge in [0.2, 0.25) is 15.9 Å². The van der Waals surface area contributed by atoms with E-state index < -0.39 is 16.1 Å². The molecule has 2 fully saturated rings. The molecule has 1 aromatic rings. The van der Waals surface area contributed by atoms with Gasteiger partial charge in [0.25, 0.3) is 5.91 Å². The number of piperidine rings is 1. The molecule has 29 heavy (non-hydrogen) atoms. The maximum atomic E-state index is 13.2. The number of nitrogens with one attached hydrogen (secondary N) is 1. The van der Waals surface area contributed by atoms with Crippen molar-refractivity contribution in [3.8, 4) is 0 Å². The first-order valence-corrected chi connectivity index (χ1v) is 12.3. The third kappa shape index (κ3) is 5.84. The number of amides is 2. The number of likely N-dealkylation sites (tertiary alicyclic amines) is 2. The molecule has 1 aromatic carbocycles. The number of halogens is 2. The summed E-state index contributed by atoms with van der Waals surface area (Å²) >= 11 is 12.0. The van der Waals surface area contributed by atoms with Crippen LogP contribution in [0, 0.1) is 5.92 Å². The highest BCUT2D eigenvalue weighted by Crippen LogP contribution is 2.27. The van der Waals surface area contributed by atoms with Crippen molar-refractivity contribution < 1.29 is 18.0 Å². The normalized spacial score (nSPS) is 22.7. The van der Waals surface area contributed by atoms with Crippen molar-refractivity contribution >= 4 is 45.0 Å². The fourth-order valence-corrected chi connectivity index (χ4v) is 5.09. The Morgan fingerprint density at radius 1 is 1.10 bits per heavy atom. The second kappa shape index (κ2) is 9.20. The molecule has 0 bridgehead atoms. The lowest BCUT2D eigenvalue weighted by Gasteiger charge is -2.36. The SMILES string of the molecule is CS(=O)(=O)NCC1CCCN(C(=O)C2CCCN2C(=O)c2cc(Cl)cc(Cl)c2)C1. The van der Waals surface area contributed by atoms with Gasteiger partial charge in [0.05, 0.1) is 6.26 Å². The number of nitrogens with zero attached hydrogens (tertiary/aromatic N) is 2. The molecule has 0 aromatic heterocycles. The highest BCUT2D eigenvalue weighted by molar-refractivity contribution is 7.88. The molecule has 3 rings (SSSR count). The molecule has 2 amide bonds. The van der Waals surface area contributed by atoms with Crippen LogP contribution in [0.4, 0.5) is 0 Å². The van der Waals surface area contributed by atoms with Crippen molar-refractivity contribution in [2.24, 2.45) is 5.92 Å². The lowest BCUT2D eigenvalue weighted by Crippen LogP contribution is -2.51. The Hall–Kier alpha value is -1.35. The van der Waals surface area contributed by atoms with E-state index in [1.54, 1.807) is 28.0 Å². The van der Waals surface area contributed by atoms with Gasteiger partial charge in [-0.25, -0.2) is 13.1 Å². The summed E-state index contributed by atoms with van der Waals surface area (Å²) in [4.78, 5) is 29.5. The third-order valence-corrected chi connectivity index (χ3v) is 6.50. The van der Waals surface area contributed by atoms with Crippen molar-refractivity contribution in [2.75, 3.05) is 32.4 Å². The Morgan fingerprint density at radius 2 is 1.76 bits per heavy atom. The number of carbonyl (C=O) groups is 2. The molecule has 7 nitrogen and oxygen atoms in total. The van der Waals surface area contributed by atoms with Crippen molar-refractivity contribution in [1.29, 1.82) is 0 Å². The number of sulfonamides is 1. The van der Waals surface area contributed by atoms with Gasteiger partial charge in [-0.15, -0.1) is 0 Å². The first kappa shape index (κ1) is 22.3. The summed E-state index contributed by atoms with van der Waals surface area (Å²) in [6.45, 7) is 1.93. The molecule has 2 aliphatic rings. The first-order valence-electron chi connectivity index (χ1n) is 9.64. The third-order valence-electron chi connectivity index (χ3n) is 5.37. The topological polar surface area (TPSA) is 86.8 Å². The highest BCUT2D eigenvalue weighted by atomic mass is 35.5. The van der Waals surface area contributed by atoms with Crippen LogP contribution in [0.3, 0.4) is 0 Å². The highest BCUT2D eigenvalue weighted by Gasteiger charge is 2.38. The molecule has 2 unspecified atom stereocenters. The number of carbonyl (C=O) groups excluding carboxylic acids is 2.